The first kappa shape index (κ1) is 17.2. The van der Waals surface area contributed by atoms with Gasteiger partial charge in [0.25, 0.3) is 0 Å². The Bertz CT molecular complexity index is 669. The molecule has 124 valence electrons. The number of nitrogens with one attached hydrogen (secondary N) is 1. The predicted molar refractivity (Wildman–Crippen MR) is 86.6 cm³/mol. The number of hydrogen-bond donors (Lipinski definition) is 1. The number of ketones is 2. The van der Waals surface area contributed by atoms with Crippen LogP contribution in [0.15, 0.2) is 12.2 Å². The minimum atomic E-state index is -0.870. The lowest BCUT2D eigenvalue weighted by atomic mass is 9.94. The Labute approximate surface area is 136 Å². The minimum Gasteiger partial charge on any atom is -0.454 e. The number of aryl methyl sites for hydroxylation is 1. The van der Waals surface area contributed by atoms with Crippen LogP contribution in [-0.4, -0.2) is 28.6 Å². The topological polar surface area (TPSA) is 76.2 Å². The van der Waals surface area contributed by atoms with Crippen molar-refractivity contribution in [2.24, 2.45) is 5.92 Å². The molecule has 0 fully saturated rings. The number of Topliss-reactive ketones (excluding diaryl/α,β-unsaturated/α-hetero) is 2. The fourth-order valence-electron chi connectivity index (χ4n) is 3.06. The van der Waals surface area contributed by atoms with Crippen LogP contribution in [-0.2, 0) is 9.53 Å². The largest absolute Gasteiger partial charge is 0.454 e. The molecule has 0 saturated carbocycles. The molecule has 0 spiro atoms. The van der Waals surface area contributed by atoms with Crippen LogP contribution >= 0.6 is 0 Å². The molecule has 1 aromatic heterocycles. The number of hydrogen-bond acceptors (Lipinski definition) is 4. The Morgan fingerprint density at radius 1 is 1.26 bits per heavy atom. The van der Waals surface area contributed by atoms with Crippen molar-refractivity contribution in [3.8, 4) is 0 Å². The molecule has 0 amide bonds. The third-order valence-corrected chi connectivity index (χ3v) is 4.30. The first-order valence-corrected chi connectivity index (χ1v) is 7.92. The molecule has 0 radical (unpaired) electrons. The summed E-state index contributed by atoms with van der Waals surface area (Å²) in [5.74, 6) is -0.899. The maximum absolute atomic E-state index is 12.5. The summed E-state index contributed by atoms with van der Waals surface area (Å²) >= 11 is 0. The fourth-order valence-corrected chi connectivity index (χ4v) is 3.06. The Kier molecular flexibility index (Phi) is 5.19. The van der Waals surface area contributed by atoms with Gasteiger partial charge in [0.15, 0.2) is 11.9 Å². The molecule has 5 nitrogen and oxygen atoms in total. The highest BCUT2D eigenvalue weighted by atomic mass is 16.5. The highest BCUT2D eigenvalue weighted by molar-refractivity contribution is 6.05. The average molecular weight is 317 g/mol. The number of carbonyl (C=O) groups excluding carboxylic acids is 3. The minimum absolute atomic E-state index is 0.0889. The van der Waals surface area contributed by atoms with Crippen molar-refractivity contribution in [1.82, 2.24) is 4.98 Å². The number of carbonyl (C=O) groups is 3. The molecule has 0 saturated heterocycles. The predicted octanol–water partition coefficient (Wildman–Crippen LogP) is 3.30. The van der Waals surface area contributed by atoms with E-state index in [4.69, 9.17) is 4.74 Å². The highest BCUT2D eigenvalue weighted by Gasteiger charge is 2.28. The SMILES string of the molecule is CC(=O)c1c(C)[nH]c(C(=O)[C@@H](C)OC(=O)[C@H]2CC=CCC2)c1C. The summed E-state index contributed by atoms with van der Waals surface area (Å²) in [7, 11) is 0. The number of aromatic nitrogens is 1. The van der Waals surface area contributed by atoms with Gasteiger partial charge in [-0.15, -0.1) is 0 Å². The van der Waals surface area contributed by atoms with Gasteiger partial charge in [-0.2, -0.15) is 0 Å². The van der Waals surface area contributed by atoms with E-state index in [2.05, 4.69) is 4.98 Å². The summed E-state index contributed by atoms with van der Waals surface area (Å²) in [5.41, 5.74) is 2.15. The summed E-state index contributed by atoms with van der Waals surface area (Å²) in [5, 5.41) is 0. The Morgan fingerprint density at radius 2 is 1.96 bits per heavy atom. The number of ether oxygens (including phenoxy) is 1. The molecule has 2 rings (SSSR count). The maximum Gasteiger partial charge on any atom is 0.309 e. The second-order valence-electron chi connectivity index (χ2n) is 6.11. The summed E-state index contributed by atoms with van der Waals surface area (Å²) in [4.78, 5) is 39.3. The first-order valence-electron chi connectivity index (χ1n) is 7.92. The summed E-state index contributed by atoms with van der Waals surface area (Å²) in [6.07, 6.45) is 5.43. The molecule has 0 bridgehead atoms. The van der Waals surface area contributed by atoms with Gasteiger partial charge in [-0.05, 0) is 52.5 Å². The van der Waals surface area contributed by atoms with Gasteiger partial charge in [0, 0.05) is 11.3 Å². The molecule has 1 N–H and O–H groups in total. The normalized spacial score (nSPS) is 18.5. The highest BCUT2D eigenvalue weighted by Crippen LogP contribution is 2.23. The molecule has 0 aromatic carbocycles. The second kappa shape index (κ2) is 6.94. The van der Waals surface area contributed by atoms with E-state index in [1.165, 1.54) is 6.92 Å². The van der Waals surface area contributed by atoms with Crippen LogP contribution in [0, 0.1) is 19.8 Å². The van der Waals surface area contributed by atoms with Crippen LogP contribution < -0.4 is 0 Å². The fraction of sp³-hybridized carbons (Fsp3) is 0.500. The van der Waals surface area contributed by atoms with E-state index >= 15 is 0 Å². The number of esters is 1. The third-order valence-electron chi connectivity index (χ3n) is 4.30. The van der Waals surface area contributed by atoms with Crippen LogP contribution in [0.5, 0.6) is 0 Å². The van der Waals surface area contributed by atoms with E-state index in [1.807, 2.05) is 12.2 Å². The number of aromatic amines is 1. The van der Waals surface area contributed by atoms with Gasteiger partial charge in [-0.1, -0.05) is 12.2 Å². The Hall–Kier alpha value is -2.17. The van der Waals surface area contributed by atoms with Crippen molar-refractivity contribution in [2.45, 2.75) is 53.1 Å². The third kappa shape index (κ3) is 3.60. The van der Waals surface area contributed by atoms with Gasteiger partial charge in [0.2, 0.25) is 5.78 Å². The molecule has 5 heteroatoms. The van der Waals surface area contributed by atoms with E-state index < -0.39 is 6.10 Å². The molecule has 1 heterocycles. The smallest absolute Gasteiger partial charge is 0.309 e. The molecular formula is C18H23NO4. The van der Waals surface area contributed by atoms with Crippen molar-refractivity contribution < 1.29 is 19.1 Å². The van der Waals surface area contributed by atoms with Crippen molar-refractivity contribution >= 4 is 17.5 Å². The van der Waals surface area contributed by atoms with Gasteiger partial charge < -0.3 is 9.72 Å². The van der Waals surface area contributed by atoms with Crippen molar-refractivity contribution in [3.63, 3.8) is 0 Å². The lowest BCUT2D eigenvalue weighted by molar-refractivity contribution is -0.151. The summed E-state index contributed by atoms with van der Waals surface area (Å²) < 4.78 is 5.34. The van der Waals surface area contributed by atoms with Gasteiger partial charge in [0.05, 0.1) is 11.6 Å². The summed E-state index contributed by atoms with van der Waals surface area (Å²) in [6.45, 7) is 6.53. The molecule has 1 aliphatic rings. The van der Waals surface area contributed by atoms with Crippen LogP contribution in [0.25, 0.3) is 0 Å². The Morgan fingerprint density at radius 3 is 2.48 bits per heavy atom. The molecule has 0 aliphatic heterocycles. The van der Waals surface area contributed by atoms with Crippen LogP contribution in [0.3, 0.4) is 0 Å². The van der Waals surface area contributed by atoms with Crippen LogP contribution in [0.4, 0.5) is 0 Å². The van der Waals surface area contributed by atoms with Crippen molar-refractivity contribution in [3.05, 3.63) is 34.7 Å². The van der Waals surface area contributed by atoms with Gasteiger partial charge >= 0.3 is 5.97 Å². The Balaban J connectivity index is 2.11. The number of rotatable bonds is 5. The number of H-pyrrole nitrogens is 1. The molecule has 1 aromatic rings. The van der Waals surface area contributed by atoms with Crippen LogP contribution in [0.1, 0.15) is 65.2 Å². The van der Waals surface area contributed by atoms with E-state index in [-0.39, 0.29) is 23.5 Å². The molecule has 0 unspecified atom stereocenters. The molecule has 2 atom stereocenters. The van der Waals surface area contributed by atoms with E-state index in [1.54, 1.807) is 20.8 Å². The maximum atomic E-state index is 12.5. The number of allylic oxidation sites excluding steroid dienone is 2. The zero-order chi connectivity index (χ0) is 17.1. The van der Waals surface area contributed by atoms with Crippen molar-refractivity contribution in [2.75, 3.05) is 0 Å². The lowest BCUT2D eigenvalue weighted by Gasteiger charge is -2.19. The summed E-state index contributed by atoms with van der Waals surface area (Å²) in [6, 6.07) is 0. The molecule has 23 heavy (non-hydrogen) atoms. The quantitative estimate of drug-likeness (QED) is 0.513. The monoisotopic (exact) mass is 317 g/mol. The standard InChI is InChI=1S/C18H23NO4/c1-10-15(12(3)20)11(2)19-16(10)17(21)13(4)23-18(22)14-8-6-5-7-9-14/h5-6,13-14,19H,7-9H2,1-4H3/t13-,14+/m1/s1. The van der Waals surface area contributed by atoms with Crippen molar-refractivity contribution in [1.29, 1.82) is 0 Å². The van der Waals surface area contributed by atoms with Crippen LogP contribution in [0.2, 0.25) is 0 Å². The lowest BCUT2D eigenvalue weighted by Crippen LogP contribution is -2.29. The zero-order valence-electron chi connectivity index (χ0n) is 14.1. The first-order chi connectivity index (χ1) is 10.8. The average Bonchev–Trinajstić information content (AvgIpc) is 2.82. The van der Waals surface area contributed by atoms with E-state index in [0.29, 0.717) is 28.9 Å². The van der Waals surface area contributed by atoms with Gasteiger partial charge in [-0.3, -0.25) is 14.4 Å². The zero-order valence-corrected chi connectivity index (χ0v) is 14.1. The second-order valence-corrected chi connectivity index (χ2v) is 6.11. The van der Waals surface area contributed by atoms with Gasteiger partial charge in [-0.25, -0.2) is 0 Å². The van der Waals surface area contributed by atoms with Gasteiger partial charge in [0.1, 0.15) is 0 Å². The van der Waals surface area contributed by atoms with E-state index in [0.717, 1.165) is 12.8 Å². The molecule has 1 aliphatic carbocycles. The molecular weight excluding hydrogens is 294 g/mol. The van der Waals surface area contributed by atoms with E-state index in [9.17, 15) is 14.4 Å².